The first-order chi connectivity index (χ1) is 13.1. The van der Waals surface area contributed by atoms with E-state index in [9.17, 15) is 9.59 Å². The summed E-state index contributed by atoms with van der Waals surface area (Å²) < 4.78 is 2.04. The van der Waals surface area contributed by atoms with Gasteiger partial charge in [0.25, 0.3) is 5.91 Å². The van der Waals surface area contributed by atoms with Crippen molar-refractivity contribution in [3.05, 3.63) is 34.6 Å². The average molecular weight is 387 g/mol. The van der Waals surface area contributed by atoms with E-state index in [0.717, 1.165) is 34.9 Å². The summed E-state index contributed by atoms with van der Waals surface area (Å²) in [6, 6.07) is 1.95. The minimum Gasteiger partial charge on any atom is -0.339 e. The number of carbonyl (C=O) groups is 2. The van der Waals surface area contributed by atoms with Crippen LogP contribution in [0.25, 0.3) is 5.13 Å². The number of hydrogen-bond donors (Lipinski definition) is 0. The fraction of sp³-hybridized carbons (Fsp3) is 0.550. The van der Waals surface area contributed by atoms with Gasteiger partial charge in [0.2, 0.25) is 5.91 Å². The van der Waals surface area contributed by atoms with Crippen molar-refractivity contribution in [2.45, 2.75) is 39.5 Å². The van der Waals surface area contributed by atoms with Crippen LogP contribution in [0, 0.1) is 19.8 Å². The van der Waals surface area contributed by atoms with Crippen molar-refractivity contribution in [2.24, 2.45) is 5.92 Å². The smallest absolute Gasteiger partial charge is 0.255 e. The summed E-state index contributed by atoms with van der Waals surface area (Å²) in [4.78, 5) is 33.9. The minimum absolute atomic E-state index is 0.0545. The molecule has 2 amide bonds. The number of carbonyl (C=O) groups excluding carboxylic acids is 2. The molecular formula is C20H26N4O2S. The zero-order valence-corrected chi connectivity index (χ0v) is 16.8. The molecule has 144 valence electrons. The lowest BCUT2D eigenvalue weighted by atomic mass is 10.1. The number of thiazole rings is 1. The van der Waals surface area contributed by atoms with Gasteiger partial charge in [-0.15, -0.1) is 11.3 Å². The summed E-state index contributed by atoms with van der Waals surface area (Å²) >= 11 is 1.56. The number of rotatable bonds is 3. The number of amides is 2. The van der Waals surface area contributed by atoms with Gasteiger partial charge in [0, 0.05) is 55.1 Å². The van der Waals surface area contributed by atoms with Crippen LogP contribution in [0.3, 0.4) is 0 Å². The molecule has 27 heavy (non-hydrogen) atoms. The summed E-state index contributed by atoms with van der Waals surface area (Å²) in [5.41, 5.74) is 2.68. The Bertz CT molecular complexity index is 829. The maximum absolute atomic E-state index is 13.1. The van der Waals surface area contributed by atoms with Crippen LogP contribution in [0.15, 0.2) is 17.6 Å². The van der Waals surface area contributed by atoms with Crippen LogP contribution in [-0.4, -0.2) is 57.3 Å². The third-order valence-electron chi connectivity index (χ3n) is 5.86. The molecule has 4 rings (SSSR count). The van der Waals surface area contributed by atoms with Crippen LogP contribution >= 0.6 is 11.3 Å². The lowest BCUT2D eigenvalue weighted by Crippen LogP contribution is -2.51. The van der Waals surface area contributed by atoms with E-state index in [1.54, 1.807) is 17.5 Å². The second kappa shape index (κ2) is 7.46. The molecule has 3 heterocycles. The first-order valence-electron chi connectivity index (χ1n) is 9.73. The second-order valence-electron chi connectivity index (χ2n) is 7.53. The number of aryl methyl sites for hydroxylation is 1. The molecule has 7 heteroatoms. The zero-order valence-electron chi connectivity index (χ0n) is 16.0. The monoisotopic (exact) mass is 386 g/mol. The lowest BCUT2D eigenvalue weighted by Gasteiger charge is -2.36. The highest BCUT2D eigenvalue weighted by Gasteiger charge is 2.31. The van der Waals surface area contributed by atoms with Crippen molar-refractivity contribution in [3.63, 3.8) is 0 Å². The highest BCUT2D eigenvalue weighted by Crippen LogP contribution is 2.27. The third kappa shape index (κ3) is 3.40. The van der Waals surface area contributed by atoms with Crippen LogP contribution in [0.2, 0.25) is 0 Å². The lowest BCUT2D eigenvalue weighted by molar-refractivity contribution is -0.136. The standard InChI is InChI=1S/C20H26N4O2S/c1-14-13-17(15(2)24(14)20-21-7-12-27-20)19(26)23-10-8-22(9-11-23)18(25)16-5-3-4-6-16/h7,12-13,16H,3-6,8-11H2,1-2H3. The van der Waals surface area contributed by atoms with E-state index in [1.165, 1.54) is 12.8 Å². The molecule has 0 spiro atoms. The van der Waals surface area contributed by atoms with E-state index in [-0.39, 0.29) is 11.8 Å². The van der Waals surface area contributed by atoms with Gasteiger partial charge in [-0.3, -0.25) is 14.2 Å². The average Bonchev–Trinajstić information content (AvgIpc) is 3.42. The fourth-order valence-corrected chi connectivity index (χ4v) is 5.08. The van der Waals surface area contributed by atoms with Crippen LogP contribution in [0.4, 0.5) is 0 Å². The Kier molecular flexibility index (Phi) is 5.04. The fourth-order valence-electron chi connectivity index (χ4n) is 4.33. The molecule has 2 fully saturated rings. The van der Waals surface area contributed by atoms with Crippen molar-refractivity contribution >= 4 is 23.2 Å². The van der Waals surface area contributed by atoms with Crippen LogP contribution in [0.5, 0.6) is 0 Å². The van der Waals surface area contributed by atoms with Crippen molar-refractivity contribution in [3.8, 4) is 5.13 Å². The third-order valence-corrected chi connectivity index (χ3v) is 6.61. The summed E-state index contributed by atoms with van der Waals surface area (Å²) in [7, 11) is 0. The number of piperazine rings is 1. The number of nitrogens with zero attached hydrogens (tertiary/aromatic N) is 4. The molecule has 2 aliphatic rings. The first-order valence-corrected chi connectivity index (χ1v) is 10.6. The largest absolute Gasteiger partial charge is 0.339 e. The molecule has 0 N–H and O–H groups in total. The molecule has 0 bridgehead atoms. The maximum atomic E-state index is 13.1. The summed E-state index contributed by atoms with van der Waals surface area (Å²) in [5, 5.41) is 2.83. The minimum atomic E-state index is 0.0545. The Balaban J connectivity index is 1.44. The Morgan fingerprint density at radius 3 is 2.37 bits per heavy atom. The molecule has 1 saturated heterocycles. The molecule has 1 aliphatic carbocycles. The van der Waals surface area contributed by atoms with Crippen LogP contribution < -0.4 is 0 Å². The van der Waals surface area contributed by atoms with Crippen molar-refractivity contribution in [1.29, 1.82) is 0 Å². The summed E-state index contributed by atoms with van der Waals surface area (Å²) in [6.45, 7) is 6.49. The zero-order chi connectivity index (χ0) is 19.0. The van der Waals surface area contributed by atoms with Crippen molar-refractivity contribution in [1.82, 2.24) is 19.4 Å². The maximum Gasteiger partial charge on any atom is 0.255 e. The first kappa shape index (κ1) is 18.2. The van der Waals surface area contributed by atoms with Crippen molar-refractivity contribution in [2.75, 3.05) is 26.2 Å². The molecule has 2 aromatic heterocycles. The highest BCUT2D eigenvalue weighted by molar-refractivity contribution is 7.12. The molecule has 0 aromatic carbocycles. The van der Waals surface area contributed by atoms with E-state index >= 15 is 0 Å². The molecular weight excluding hydrogens is 360 g/mol. The van der Waals surface area contributed by atoms with Gasteiger partial charge in [-0.2, -0.15) is 0 Å². The topological polar surface area (TPSA) is 58.4 Å². The van der Waals surface area contributed by atoms with Gasteiger partial charge < -0.3 is 9.80 Å². The highest BCUT2D eigenvalue weighted by atomic mass is 32.1. The van der Waals surface area contributed by atoms with E-state index < -0.39 is 0 Å². The molecule has 1 saturated carbocycles. The van der Waals surface area contributed by atoms with Gasteiger partial charge in [-0.1, -0.05) is 12.8 Å². The van der Waals surface area contributed by atoms with Gasteiger partial charge in [0.15, 0.2) is 5.13 Å². The predicted octanol–water partition coefficient (Wildman–Crippen LogP) is 3.03. The Labute approximate surface area is 163 Å². The number of hydrogen-bond acceptors (Lipinski definition) is 4. The summed E-state index contributed by atoms with van der Waals surface area (Å²) in [5.74, 6) is 0.560. The Hall–Kier alpha value is -2.15. The van der Waals surface area contributed by atoms with Crippen LogP contribution in [-0.2, 0) is 4.79 Å². The van der Waals surface area contributed by atoms with Crippen molar-refractivity contribution < 1.29 is 9.59 Å². The molecule has 2 aromatic rings. The number of aromatic nitrogens is 2. The molecule has 6 nitrogen and oxygen atoms in total. The van der Waals surface area contributed by atoms with Gasteiger partial charge in [0.05, 0.1) is 5.56 Å². The van der Waals surface area contributed by atoms with E-state index in [2.05, 4.69) is 4.98 Å². The van der Waals surface area contributed by atoms with Crippen LogP contribution in [0.1, 0.15) is 47.4 Å². The van der Waals surface area contributed by atoms with E-state index in [0.29, 0.717) is 32.1 Å². The van der Waals surface area contributed by atoms with Gasteiger partial charge in [0.1, 0.15) is 0 Å². The van der Waals surface area contributed by atoms with Gasteiger partial charge in [-0.25, -0.2) is 4.98 Å². The van der Waals surface area contributed by atoms with Gasteiger partial charge >= 0.3 is 0 Å². The SMILES string of the molecule is Cc1cc(C(=O)N2CCN(C(=O)C3CCCC3)CC2)c(C)n1-c1nccs1. The second-order valence-corrected chi connectivity index (χ2v) is 8.41. The molecule has 1 aliphatic heterocycles. The Morgan fingerprint density at radius 2 is 1.74 bits per heavy atom. The summed E-state index contributed by atoms with van der Waals surface area (Å²) in [6.07, 6.45) is 6.18. The van der Waals surface area contributed by atoms with E-state index in [4.69, 9.17) is 0 Å². The normalized spacial score (nSPS) is 18.3. The molecule has 0 unspecified atom stereocenters. The van der Waals surface area contributed by atoms with Gasteiger partial charge in [-0.05, 0) is 32.8 Å². The Morgan fingerprint density at radius 1 is 1.07 bits per heavy atom. The molecule has 0 atom stereocenters. The predicted molar refractivity (Wildman–Crippen MR) is 105 cm³/mol. The molecule has 0 radical (unpaired) electrons. The van der Waals surface area contributed by atoms with E-state index in [1.807, 2.05) is 39.7 Å². The quantitative estimate of drug-likeness (QED) is 0.815.